The maximum atomic E-state index is 12.1. The molecule has 2 amide bonds. The molecule has 0 bridgehead atoms. The van der Waals surface area contributed by atoms with Gasteiger partial charge in [0.1, 0.15) is 11.3 Å². The molecule has 26 heavy (non-hydrogen) atoms. The largest absolute Gasteiger partial charge is 0.361 e. The number of carbonyl (C=O) groups is 2. The van der Waals surface area contributed by atoms with Gasteiger partial charge in [0.2, 0.25) is 5.91 Å². The Morgan fingerprint density at radius 1 is 1.23 bits per heavy atom. The number of carbonyl (C=O) groups excluding carboxylic acids is 2. The van der Waals surface area contributed by atoms with Crippen LogP contribution in [0.3, 0.4) is 0 Å². The summed E-state index contributed by atoms with van der Waals surface area (Å²) < 4.78 is 4.88. The first-order chi connectivity index (χ1) is 12.1. The van der Waals surface area contributed by atoms with Gasteiger partial charge in [-0.25, -0.2) is 0 Å². The Kier molecular flexibility index (Phi) is 7.17. The van der Waals surface area contributed by atoms with E-state index in [1.807, 2.05) is 0 Å². The lowest BCUT2D eigenvalue weighted by atomic mass is 10.0. The van der Waals surface area contributed by atoms with Gasteiger partial charge in [-0.3, -0.25) is 9.59 Å². The smallest absolute Gasteiger partial charge is 0.260 e. The first kappa shape index (κ1) is 19.9. The number of nitrogens with zero attached hydrogens (tertiary/aromatic N) is 1. The Balaban J connectivity index is 0.00000243. The number of benzene rings is 1. The Bertz CT molecular complexity index is 739. The molecule has 2 aromatic rings. The van der Waals surface area contributed by atoms with E-state index >= 15 is 0 Å². The predicted molar refractivity (Wildman–Crippen MR) is 102 cm³/mol. The fraction of sp³-hybridized carbons (Fsp3) is 0.389. The molecule has 140 valence electrons. The molecule has 1 aromatic heterocycles. The highest BCUT2D eigenvalue weighted by Gasteiger charge is 2.16. The molecule has 1 unspecified atom stereocenters. The summed E-state index contributed by atoms with van der Waals surface area (Å²) >= 11 is 0. The molecule has 1 saturated heterocycles. The van der Waals surface area contributed by atoms with Gasteiger partial charge in [0.25, 0.3) is 5.91 Å². The summed E-state index contributed by atoms with van der Waals surface area (Å²) in [6.45, 7) is 3.74. The number of halogens is 1. The van der Waals surface area contributed by atoms with Crippen LogP contribution in [0.2, 0.25) is 0 Å². The number of aromatic nitrogens is 1. The minimum atomic E-state index is -0.277. The first-order valence-electron chi connectivity index (χ1n) is 8.45. The van der Waals surface area contributed by atoms with Gasteiger partial charge in [0.15, 0.2) is 0 Å². The fourth-order valence-corrected chi connectivity index (χ4v) is 2.87. The van der Waals surface area contributed by atoms with Crippen molar-refractivity contribution in [2.24, 2.45) is 5.92 Å². The van der Waals surface area contributed by atoms with E-state index in [2.05, 4.69) is 21.1 Å². The molecule has 1 aromatic carbocycles. The average molecular weight is 379 g/mol. The highest BCUT2D eigenvalue weighted by Crippen LogP contribution is 2.18. The molecule has 1 aliphatic heterocycles. The van der Waals surface area contributed by atoms with Crippen LogP contribution in [0.15, 0.2) is 35.0 Å². The van der Waals surface area contributed by atoms with E-state index in [0.717, 1.165) is 25.9 Å². The second-order valence-corrected chi connectivity index (χ2v) is 6.27. The maximum absolute atomic E-state index is 12.1. The second kappa shape index (κ2) is 9.35. The number of anilines is 2. The van der Waals surface area contributed by atoms with E-state index in [1.165, 1.54) is 6.20 Å². The summed E-state index contributed by atoms with van der Waals surface area (Å²) in [7, 11) is 0. The van der Waals surface area contributed by atoms with Crippen molar-refractivity contribution in [1.82, 2.24) is 10.5 Å². The van der Waals surface area contributed by atoms with Crippen LogP contribution < -0.4 is 16.0 Å². The van der Waals surface area contributed by atoms with E-state index < -0.39 is 0 Å². The molecule has 3 rings (SSSR count). The third-order valence-electron chi connectivity index (χ3n) is 4.36. The van der Waals surface area contributed by atoms with Crippen molar-refractivity contribution in [2.45, 2.75) is 26.2 Å². The number of rotatable bonds is 6. The topological polar surface area (TPSA) is 96.3 Å². The zero-order valence-electron chi connectivity index (χ0n) is 14.6. The summed E-state index contributed by atoms with van der Waals surface area (Å²) in [6.07, 6.45) is 3.97. The van der Waals surface area contributed by atoms with Crippen LogP contribution in [0.4, 0.5) is 11.4 Å². The van der Waals surface area contributed by atoms with E-state index in [1.54, 1.807) is 31.2 Å². The lowest BCUT2D eigenvalue weighted by Crippen LogP contribution is -2.15. The molecule has 0 spiro atoms. The third-order valence-corrected chi connectivity index (χ3v) is 4.36. The Morgan fingerprint density at radius 3 is 2.50 bits per heavy atom. The van der Waals surface area contributed by atoms with Crippen molar-refractivity contribution in [2.75, 3.05) is 23.7 Å². The van der Waals surface area contributed by atoms with Crippen LogP contribution in [0, 0.1) is 12.8 Å². The van der Waals surface area contributed by atoms with Crippen molar-refractivity contribution in [3.05, 3.63) is 41.8 Å². The zero-order chi connectivity index (χ0) is 17.6. The number of aryl methyl sites for hydroxylation is 1. The summed E-state index contributed by atoms with van der Waals surface area (Å²) in [5.74, 6) is 0.813. The van der Waals surface area contributed by atoms with Gasteiger partial charge in [-0.2, -0.15) is 0 Å². The quantitative estimate of drug-likeness (QED) is 0.718. The van der Waals surface area contributed by atoms with Crippen molar-refractivity contribution < 1.29 is 14.1 Å². The molecule has 1 atom stereocenters. The van der Waals surface area contributed by atoms with Gasteiger partial charge >= 0.3 is 0 Å². The van der Waals surface area contributed by atoms with Crippen LogP contribution in [-0.4, -0.2) is 30.1 Å². The lowest BCUT2D eigenvalue weighted by Gasteiger charge is -2.09. The standard InChI is InChI=1S/C18H22N4O3.ClH/c1-12-16(11-20-25-12)18(24)22-15-5-3-14(4-6-15)21-17(23)7-2-13-8-9-19-10-13;/h3-6,11,13,19H,2,7-10H2,1H3,(H,21,23)(H,22,24);1H. The molecular weight excluding hydrogens is 356 g/mol. The van der Waals surface area contributed by atoms with E-state index in [-0.39, 0.29) is 24.2 Å². The summed E-state index contributed by atoms with van der Waals surface area (Å²) in [5, 5.41) is 12.6. The van der Waals surface area contributed by atoms with Gasteiger partial charge in [0, 0.05) is 17.8 Å². The third kappa shape index (κ3) is 5.31. The molecule has 8 heteroatoms. The van der Waals surface area contributed by atoms with Gasteiger partial charge in [0.05, 0.1) is 6.20 Å². The molecule has 1 fully saturated rings. The molecule has 3 N–H and O–H groups in total. The fourth-order valence-electron chi connectivity index (χ4n) is 2.87. The SMILES string of the molecule is Cc1oncc1C(=O)Nc1ccc(NC(=O)CCC2CCNC2)cc1.Cl. The number of nitrogens with one attached hydrogen (secondary N) is 3. The van der Waals surface area contributed by atoms with E-state index in [0.29, 0.717) is 35.0 Å². The average Bonchev–Trinajstić information content (AvgIpc) is 3.26. The minimum absolute atomic E-state index is 0. The Hall–Kier alpha value is -2.38. The van der Waals surface area contributed by atoms with Gasteiger partial charge in [-0.15, -0.1) is 12.4 Å². The Labute approximate surface area is 158 Å². The lowest BCUT2D eigenvalue weighted by molar-refractivity contribution is -0.116. The zero-order valence-corrected chi connectivity index (χ0v) is 15.4. The number of hydrogen-bond acceptors (Lipinski definition) is 5. The van der Waals surface area contributed by atoms with Crippen molar-refractivity contribution in [3.8, 4) is 0 Å². The Morgan fingerprint density at radius 2 is 1.92 bits per heavy atom. The second-order valence-electron chi connectivity index (χ2n) is 6.27. The van der Waals surface area contributed by atoms with E-state index in [4.69, 9.17) is 4.52 Å². The molecule has 7 nitrogen and oxygen atoms in total. The van der Waals surface area contributed by atoms with Crippen molar-refractivity contribution in [1.29, 1.82) is 0 Å². The number of amides is 2. The molecule has 0 aliphatic carbocycles. The van der Waals surface area contributed by atoms with Crippen LogP contribution in [0.1, 0.15) is 35.4 Å². The first-order valence-corrected chi connectivity index (χ1v) is 8.45. The van der Waals surface area contributed by atoms with Crippen molar-refractivity contribution in [3.63, 3.8) is 0 Å². The molecule has 0 saturated carbocycles. The molecule has 1 aliphatic rings. The van der Waals surface area contributed by atoms with Gasteiger partial charge in [-0.05, 0) is 63.0 Å². The van der Waals surface area contributed by atoms with Crippen LogP contribution in [0.25, 0.3) is 0 Å². The number of hydrogen-bond donors (Lipinski definition) is 3. The monoisotopic (exact) mass is 378 g/mol. The summed E-state index contributed by atoms with van der Waals surface area (Å²) in [5.41, 5.74) is 1.76. The summed E-state index contributed by atoms with van der Waals surface area (Å²) in [4.78, 5) is 24.1. The van der Waals surface area contributed by atoms with Crippen LogP contribution in [0.5, 0.6) is 0 Å². The molecular formula is C18H23ClN4O3. The molecule has 2 heterocycles. The van der Waals surface area contributed by atoms with Gasteiger partial charge in [-0.1, -0.05) is 5.16 Å². The maximum Gasteiger partial charge on any atom is 0.260 e. The van der Waals surface area contributed by atoms with E-state index in [9.17, 15) is 9.59 Å². The molecule has 0 radical (unpaired) electrons. The van der Waals surface area contributed by atoms with Gasteiger partial charge < -0.3 is 20.5 Å². The minimum Gasteiger partial charge on any atom is -0.361 e. The van der Waals surface area contributed by atoms with Crippen molar-refractivity contribution >= 4 is 35.6 Å². The highest BCUT2D eigenvalue weighted by atomic mass is 35.5. The van der Waals surface area contributed by atoms with Crippen LogP contribution >= 0.6 is 12.4 Å². The summed E-state index contributed by atoms with van der Waals surface area (Å²) in [6, 6.07) is 7.03. The normalized spacial score (nSPS) is 16.0. The predicted octanol–water partition coefficient (Wildman–Crippen LogP) is 2.99. The highest BCUT2D eigenvalue weighted by molar-refractivity contribution is 6.04. The van der Waals surface area contributed by atoms with Crippen LogP contribution in [-0.2, 0) is 4.79 Å².